The van der Waals surface area contributed by atoms with Crippen LogP contribution in [0.4, 0.5) is 0 Å². The third-order valence-corrected chi connectivity index (χ3v) is 11.7. The van der Waals surface area contributed by atoms with Crippen LogP contribution in [0, 0.1) is 0 Å². The van der Waals surface area contributed by atoms with E-state index >= 15 is 0 Å². The van der Waals surface area contributed by atoms with Gasteiger partial charge in [0.25, 0.3) is 0 Å². The highest BCUT2D eigenvalue weighted by Gasteiger charge is 2.28. The number of ether oxygens (including phenoxy) is 2. The van der Waals surface area contributed by atoms with Crippen molar-refractivity contribution < 1.29 is 14.3 Å². The molecule has 0 amide bonds. The Hall–Kier alpha value is -3.97. The molecule has 1 aliphatic rings. The Kier molecular flexibility index (Phi) is 10.5. The Morgan fingerprint density at radius 1 is 0.682 bits per heavy atom. The fourth-order valence-corrected chi connectivity index (χ4v) is 8.64. The molecule has 4 aromatic carbocycles. The van der Waals surface area contributed by atoms with E-state index in [1.165, 1.54) is 18.5 Å². The fourth-order valence-electron chi connectivity index (χ4n) is 5.96. The van der Waals surface area contributed by atoms with Gasteiger partial charge in [-0.25, -0.2) is 0 Å². The fraction of sp³-hybridized carbons (Fsp3) is 0.289. The maximum absolute atomic E-state index is 12.3. The van der Waals surface area contributed by atoms with E-state index in [1.807, 2.05) is 48.5 Å². The van der Waals surface area contributed by atoms with E-state index in [0.717, 1.165) is 65.5 Å². The number of methoxy groups -OCH3 is 1. The topological polar surface area (TPSA) is 42.0 Å². The molecule has 0 aromatic heterocycles. The van der Waals surface area contributed by atoms with Gasteiger partial charge in [-0.15, -0.1) is 0 Å². The van der Waals surface area contributed by atoms with Gasteiger partial charge >= 0.3 is 5.97 Å². The summed E-state index contributed by atoms with van der Waals surface area (Å²) < 4.78 is 11.1. The van der Waals surface area contributed by atoms with E-state index in [1.54, 1.807) is 0 Å². The number of para-hydroxylation sites is 1. The molecule has 0 atom stereocenters. The first-order chi connectivity index (χ1) is 21.3. The second kappa shape index (κ2) is 14.7. The smallest absolute Gasteiger partial charge is 0.305 e. The van der Waals surface area contributed by atoms with Crippen LogP contribution in [0.3, 0.4) is 0 Å². The first-order valence-corrected chi connectivity index (χ1v) is 18.7. The van der Waals surface area contributed by atoms with Gasteiger partial charge in [0.2, 0.25) is 0 Å². The Morgan fingerprint density at radius 2 is 1.23 bits per heavy atom. The van der Waals surface area contributed by atoms with Crippen LogP contribution in [0.2, 0.25) is 13.1 Å². The molecule has 6 heteroatoms. The summed E-state index contributed by atoms with van der Waals surface area (Å²) in [6.07, 6.45) is 2.04. The van der Waals surface area contributed by atoms with Crippen LogP contribution < -0.4 is 9.92 Å². The van der Waals surface area contributed by atoms with Crippen molar-refractivity contribution in [2.24, 2.45) is 0 Å². The molecule has 1 saturated heterocycles. The molecule has 0 N–H and O–H groups in total. The molecular formula is C38H44N2O3Si. The highest BCUT2D eigenvalue weighted by atomic mass is 28.3. The molecule has 44 heavy (non-hydrogen) atoms. The number of nitrogens with zero attached hydrogens (tertiary/aromatic N) is 2. The molecule has 0 saturated carbocycles. The second-order valence-electron chi connectivity index (χ2n) is 12.3. The van der Waals surface area contributed by atoms with Gasteiger partial charge in [0.15, 0.2) is 0 Å². The standard InChI is InChI=1S/C38H44N2O3Si/c1-39-25-27-40(28-26-39)29-44(3,4)35-21-17-32(18-22-35)38(36(23-24-37(41)42-2)30-11-7-5-8-12-30)31-15-19-34(20-16-31)43-33-13-9-6-10-14-33/h5-22H,23-29H2,1-4H3/b38-36-. The lowest BCUT2D eigenvalue weighted by molar-refractivity contribution is -0.140. The molecule has 5 nitrogen and oxygen atoms in total. The number of likely N-dealkylation sites (N-methyl/N-ethyl adjacent to an activating group) is 1. The molecule has 228 valence electrons. The number of allylic oxidation sites excluding steroid dienone is 1. The van der Waals surface area contributed by atoms with Crippen molar-refractivity contribution in [3.8, 4) is 11.5 Å². The summed E-state index contributed by atoms with van der Waals surface area (Å²) in [7, 11) is 1.98. The zero-order valence-electron chi connectivity index (χ0n) is 26.5. The molecule has 1 fully saturated rings. The molecule has 1 aliphatic heterocycles. The van der Waals surface area contributed by atoms with Gasteiger partial charge in [0, 0.05) is 32.6 Å². The van der Waals surface area contributed by atoms with Crippen molar-refractivity contribution in [2.75, 3.05) is 46.5 Å². The van der Waals surface area contributed by atoms with Crippen LogP contribution in [-0.2, 0) is 9.53 Å². The minimum atomic E-state index is -1.68. The van der Waals surface area contributed by atoms with Crippen molar-refractivity contribution >= 4 is 30.4 Å². The Morgan fingerprint density at radius 3 is 1.82 bits per heavy atom. The van der Waals surface area contributed by atoms with Gasteiger partial charge < -0.3 is 19.3 Å². The summed E-state index contributed by atoms with van der Waals surface area (Å²) in [5.41, 5.74) is 5.56. The summed E-state index contributed by atoms with van der Waals surface area (Å²) in [6, 6.07) is 37.7. The maximum atomic E-state index is 12.3. The average Bonchev–Trinajstić information content (AvgIpc) is 3.05. The third-order valence-electron chi connectivity index (χ3n) is 8.52. The average molecular weight is 605 g/mol. The van der Waals surface area contributed by atoms with Crippen LogP contribution in [-0.4, -0.2) is 70.3 Å². The molecule has 0 radical (unpaired) electrons. The van der Waals surface area contributed by atoms with Crippen LogP contribution in [0.5, 0.6) is 11.5 Å². The van der Waals surface area contributed by atoms with Crippen LogP contribution in [0.25, 0.3) is 11.1 Å². The van der Waals surface area contributed by atoms with Gasteiger partial charge in [-0.05, 0) is 71.7 Å². The van der Waals surface area contributed by atoms with Crippen molar-refractivity contribution in [3.63, 3.8) is 0 Å². The predicted octanol–water partition coefficient (Wildman–Crippen LogP) is 7.09. The van der Waals surface area contributed by atoms with Crippen LogP contribution in [0.15, 0.2) is 109 Å². The predicted molar refractivity (Wildman–Crippen MR) is 184 cm³/mol. The highest BCUT2D eigenvalue weighted by molar-refractivity contribution is 6.90. The monoisotopic (exact) mass is 604 g/mol. The van der Waals surface area contributed by atoms with Crippen molar-refractivity contribution in [1.29, 1.82) is 0 Å². The number of esters is 1. The van der Waals surface area contributed by atoms with Gasteiger partial charge in [-0.3, -0.25) is 4.79 Å². The lowest BCUT2D eigenvalue weighted by Gasteiger charge is -2.37. The number of carbonyl (C=O) groups excluding carboxylic acids is 1. The van der Waals surface area contributed by atoms with E-state index in [-0.39, 0.29) is 5.97 Å². The molecule has 0 bridgehead atoms. The quantitative estimate of drug-likeness (QED) is 0.104. The van der Waals surface area contributed by atoms with E-state index in [4.69, 9.17) is 9.47 Å². The first-order valence-electron chi connectivity index (χ1n) is 15.5. The molecular weight excluding hydrogens is 561 g/mol. The lowest BCUT2D eigenvalue weighted by Crippen LogP contribution is -2.56. The molecule has 4 aromatic rings. The molecule has 0 unspecified atom stereocenters. The Balaban J connectivity index is 1.52. The van der Waals surface area contributed by atoms with E-state index in [9.17, 15) is 4.79 Å². The zero-order chi connectivity index (χ0) is 30.9. The summed E-state index contributed by atoms with van der Waals surface area (Å²) in [6.45, 7) is 9.52. The molecule has 0 spiro atoms. The summed E-state index contributed by atoms with van der Waals surface area (Å²) in [4.78, 5) is 17.4. The van der Waals surface area contributed by atoms with Crippen molar-refractivity contribution in [3.05, 3.63) is 126 Å². The minimum Gasteiger partial charge on any atom is -0.469 e. The van der Waals surface area contributed by atoms with Crippen molar-refractivity contribution in [2.45, 2.75) is 25.9 Å². The highest BCUT2D eigenvalue weighted by Crippen LogP contribution is 2.36. The number of hydrogen-bond acceptors (Lipinski definition) is 5. The number of rotatable bonds is 11. The summed E-state index contributed by atoms with van der Waals surface area (Å²) in [5, 5.41) is 1.46. The summed E-state index contributed by atoms with van der Waals surface area (Å²) in [5.74, 6) is 1.37. The normalized spacial score (nSPS) is 15.0. The maximum Gasteiger partial charge on any atom is 0.305 e. The zero-order valence-corrected chi connectivity index (χ0v) is 27.5. The van der Waals surface area contributed by atoms with E-state index in [0.29, 0.717) is 12.8 Å². The largest absolute Gasteiger partial charge is 0.469 e. The first kappa shape index (κ1) is 31.5. The molecule has 0 aliphatic carbocycles. The van der Waals surface area contributed by atoms with Gasteiger partial charge in [0.05, 0.1) is 15.2 Å². The molecule has 5 rings (SSSR count). The van der Waals surface area contributed by atoms with Crippen LogP contribution in [0.1, 0.15) is 29.5 Å². The third kappa shape index (κ3) is 8.14. The van der Waals surface area contributed by atoms with Crippen LogP contribution >= 0.6 is 0 Å². The van der Waals surface area contributed by atoms with Crippen molar-refractivity contribution in [1.82, 2.24) is 9.80 Å². The number of hydrogen-bond donors (Lipinski definition) is 0. The van der Waals surface area contributed by atoms with Gasteiger partial charge in [0.1, 0.15) is 11.5 Å². The summed E-state index contributed by atoms with van der Waals surface area (Å²) >= 11 is 0. The number of benzene rings is 4. The minimum absolute atomic E-state index is 0.212. The SMILES string of the molecule is COC(=O)CC/C(=C(\c1ccc(Oc2ccccc2)cc1)c1ccc([Si](C)(C)CN2CCN(C)CC2)cc1)c1ccccc1. The van der Waals surface area contributed by atoms with Gasteiger partial charge in [-0.2, -0.15) is 0 Å². The molecule has 1 heterocycles. The van der Waals surface area contributed by atoms with E-state index < -0.39 is 8.07 Å². The second-order valence-corrected chi connectivity index (χ2v) is 16.9. The van der Waals surface area contributed by atoms with Gasteiger partial charge in [-0.1, -0.05) is 103 Å². The number of carbonyl (C=O) groups is 1. The Bertz CT molecular complexity index is 1530. The number of piperazine rings is 1. The lowest BCUT2D eigenvalue weighted by atomic mass is 9.87. The van der Waals surface area contributed by atoms with E-state index in [2.05, 4.69) is 90.6 Å². The Labute approximate surface area is 263 Å².